The Morgan fingerprint density at radius 3 is 3.00 bits per heavy atom. The molecule has 0 aliphatic carbocycles. The summed E-state index contributed by atoms with van der Waals surface area (Å²) in [6.07, 6.45) is 0. The third-order valence-corrected chi connectivity index (χ3v) is 2.69. The number of hydrogen-bond acceptors (Lipinski definition) is 4. The molecular formula is C5H8N5O2S+. The van der Waals surface area contributed by atoms with Gasteiger partial charge in [0.25, 0.3) is 0 Å². The molecule has 0 saturated heterocycles. The molecule has 2 heterocycles. The van der Waals surface area contributed by atoms with Crippen LogP contribution in [-0.2, 0) is 10.2 Å². The third kappa shape index (κ3) is 1.18. The minimum atomic E-state index is -3.67. The summed E-state index contributed by atoms with van der Waals surface area (Å²) < 4.78 is 29.1. The highest BCUT2D eigenvalue weighted by molar-refractivity contribution is 7.88. The van der Waals surface area contributed by atoms with Gasteiger partial charge in [-0.2, -0.15) is 8.42 Å². The largest absolute Gasteiger partial charge is 0.417 e. The van der Waals surface area contributed by atoms with Gasteiger partial charge in [-0.3, -0.25) is 0 Å². The maximum atomic E-state index is 11.1. The summed E-state index contributed by atoms with van der Waals surface area (Å²) in [6, 6.07) is 0. The molecule has 0 aromatic heterocycles. The standard InChI is InChI=1S/C5H8N5O2S/c1-10-5-3(2-7-10)4(6)8-13(11,12)9-5/h9H,2H2,1H3,(H2,6,8)/q+1. The molecule has 0 saturated carbocycles. The molecule has 0 fully saturated rings. The molecule has 0 aromatic rings. The van der Waals surface area contributed by atoms with E-state index in [-0.39, 0.29) is 5.84 Å². The van der Waals surface area contributed by atoms with E-state index >= 15 is 0 Å². The molecule has 3 N–H and O–H groups in total. The monoisotopic (exact) mass is 202 g/mol. The zero-order valence-corrected chi connectivity index (χ0v) is 7.67. The first-order chi connectivity index (χ1) is 5.99. The van der Waals surface area contributed by atoms with Crippen LogP contribution in [0.3, 0.4) is 0 Å². The van der Waals surface area contributed by atoms with Crippen LogP contribution in [-0.4, -0.2) is 32.5 Å². The Morgan fingerprint density at radius 1 is 1.62 bits per heavy atom. The SMILES string of the molecule is C[N+]1=NCC2=C1NS(=O)(=O)N=C2N. The molecule has 8 heteroatoms. The molecule has 2 aliphatic heterocycles. The van der Waals surface area contributed by atoms with Crippen molar-refractivity contribution in [2.45, 2.75) is 0 Å². The van der Waals surface area contributed by atoms with Gasteiger partial charge in [0.05, 0.1) is 0 Å². The van der Waals surface area contributed by atoms with Crippen molar-refractivity contribution in [3.05, 3.63) is 11.4 Å². The zero-order chi connectivity index (χ0) is 9.64. The Balaban J connectivity index is 2.56. The molecule has 0 radical (unpaired) electrons. The molecule has 0 aromatic carbocycles. The average molecular weight is 202 g/mol. The van der Waals surface area contributed by atoms with Gasteiger partial charge in [0.1, 0.15) is 19.2 Å². The van der Waals surface area contributed by atoms with Crippen LogP contribution < -0.4 is 10.5 Å². The van der Waals surface area contributed by atoms with Crippen LogP contribution in [0, 0.1) is 0 Å². The van der Waals surface area contributed by atoms with Crippen LogP contribution in [0.2, 0.25) is 0 Å². The van der Waals surface area contributed by atoms with Crippen molar-refractivity contribution >= 4 is 16.0 Å². The first-order valence-corrected chi connectivity index (χ1v) is 4.96. The lowest BCUT2D eigenvalue weighted by molar-refractivity contribution is -0.514. The summed E-state index contributed by atoms with van der Waals surface area (Å²) in [6.45, 7) is 0.365. The van der Waals surface area contributed by atoms with E-state index in [0.29, 0.717) is 17.9 Å². The fourth-order valence-corrected chi connectivity index (χ4v) is 2.09. The first-order valence-electron chi connectivity index (χ1n) is 3.52. The van der Waals surface area contributed by atoms with E-state index in [1.165, 1.54) is 4.70 Å². The van der Waals surface area contributed by atoms with Gasteiger partial charge in [-0.15, -0.1) is 18.9 Å². The molecule has 0 unspecified atom stereocenters. The van der Waals surface area contributed by atoms with E-state index in [1.807, 2.05) is 0 Å². The zero-order valence-electron chi connectivity index (χ0n) is 6.85. The normalized spacial score (nSPS) is 24.7. The number of amidine groups is 1. The van der Waals surface area contributed by atoms with Crippen molar-refractivity contribution < 1.29 is 13.1 Å². The minimum Gasteiger partial charge on any atom is -0.382 e. The average Bonchev–Trinajstić information content (AvgIpc) is 2.30. The molecule has 2 aliphatic rings. The summed E-state index contributed by atoms with van der Waals surface area (Å²) in [4.78, 5) is 0. The van der Waals surface area contributed by atoms with Crippen molar-refractivity contribution in [1.29, 1.82) is 0 Å². The molecule has 13 heavy (non-hydrogen) atoms. The molecule has 7 nitrogen and oxygen atoms in total. The summed E-state index contributed by atoms with van der Waals surface area (Å²) >= 11 is 0. The molecule has 70 valence electrons. The second-order valence-electron chi connectivity index (χ2n) is 2.70. The van der Waals surface area contributed by atoms with E-state index in [0.717, 1.165) is 0 Å². The van der Waals surface area contributed by atoms with Crippen LogP contribution >= 0.6 is 0 Å². The molecule has 2 rings (SSSR count). The Labute approximate surface area is 74.8 Å². The quantitative estimate of drug-likeness (QED) is 0.468. The fourth-order valence-electron chi connectivity index (χ4n) is 1.18. The van der Waals surface area contributed by atoms with Gasteiger partial charge in [-0.25, -0.2) is 0 Å². The lowest BCUT2D eigenvalue weighted by atomic mass is 10.2. The fraction of sp³-hybridized carbons (Fsp3) is 0.400. The van der Waals surface area contributed by atoms with Gasteiger partial charge in [0.2, 0.25) is 0 Å². The summed E-state index contributed by atoms with van der Waals surface area (Å²) in [7, 11) is -2.02. The van der Waals surface area contributed by atoms with Crippen LogP contribution in [0.4, 0.5) is 0 Å². The highest BCUT2D eigenvalue weighted by Crippen LogP contribution is 2.16. The Bertz CT molecular complexity index is 457. The van der Waals surface area contributed by atoms with Gasteiger partial charge in [-0.05, 0) is 0 Å². The molecule has 0 spiro atoms. The highest BCUT2D eigenvalue weighted by atomic mass is 32.2. The van der Waals surface area contributed by atoms with E-state index in [4.69, 9.17) is 5.73 Å². The van der Waals surface area contributed by atoms with Gasteiger partial charge in [0, 0.05) is 0 Å². The van der Waals surface area contributed by atoms with Gasteiger partial charge < -0.3 is 5.73 Å². The van der Waals surface area contributed by atoms with Crippen molar-refractivity contribution in [1.82, 2.24) is 4.72 Å². The summed E-state index contributed by atoms with van der Waals surface area (Å²) in [5.41, 5.74) is 6.07. The third-order valence-electron chi connectivity index (χ3n) is 1.80. The molecule has 0 bridgehead atoms. The Morgan fingerprint density at radius 2 is 2.31 bits per heavy atom. The maximum Gasteiger partial charge on any atom is 0.417 e. The smallest absolute Gasteiger partial charge is 0.382 e. The number of nitrogens with one attached hydrogen (secondary N) is 1. The second kappa shape index (κ2) is 2.28. The van der Waals surface area contributed by atoms with Gasteiger partial charge in [0.15, 0.2) is 5.84 Å². The number of hydrogen-bond donors (Lipinski definition) is 2. The lowest BCUT2D eigenvalue weighted by Gasteiger charge is -2.06. The molecule has 0 amide bonds. The van der Waals surface area contributed by atoms with Gasteiger partial charge in [-0.1, -0.05) is 0 Å². The molecule has 0 atom stereocenters. The molecular weight excluding hydrogens is 194 g/mol. The predicted molar refractivity (Wildman–Crippen MR) is 44.2 cm³/mol. The minimum absolute atomic E-state index is 0.0156. The van der Waals surface area contributed by atoms with Crippen molar-refractivity contribution in [3.63, 3.8) is 0 Å². The Hall–Kier alpha value is -1.44. The first kappa shape index (κ1) is 8.17. The van der Waals surface area contributed by atoms with Gasteiger partial charge >= 0.3 is 16.0 Å². The van der Waals surface area contributed by atoms with Crippen LogP contribution in [0.25, 0.3) is 0 Å². The van der Waals surface area contributed by atoms with Crippen molar-refractivity contribution in [2.75, 3.05) is 13.6 Å². The maximum absolute atomic E-state index is 11.1. The highest BCUT2D eigenvalue weighted by Gasteiger charge is 2.35. The number of nitrogens with zero attached hydrogens (tertiary/aromatic N) is 3. The van der Waals surface area contributed by atoms with E-state index in [9.17, 15) is 8.42 Å². The van der Waals surface area contributed by atoms with Crippen LogP contribution in [0.5, 0.6) is 0 Å². The van der Waals surface area contributed by atoms with Crippen molar-refractivity contribution in [2.24, 2.45) is 15.2 Å². The lowest BCUT2D eigenvalue weighted by Crippen LogP contribution is -2.35. The summed E-state index contributed by atoms with van der Waals surface area (Å²) in [5.74, 6) is 0.411. The van der Waals surface area contributed by atoms with E-state index in [1.54, 1.807) is 7.05 Å². The second-order valence-corrected chi connectivity index (χ2v) is 4.04. The number of rotatable bonds is 0. The predicted octanol–water partition coefficient (Wildman–Crippen LogP) is -1.49. The Kier molecular flexibility index (Phi) is 1.44. The number of nitrogens with two attached hydrogens (primary N) is 1. The number of azo groups is 2. The van der Waals surface area contributed by atoms with Crippen LogP contribution in [0.15, 0.2) is 20.9 Å². The van der Waals surface area contributed by atoms with Crippen LogP contribution in [0.1, 0.15) is 0 Å². The van der Waals surface area contributed by atoms with Crippen molar-refractivity contribution in [3.8, 4) is 0 Å². The topological polar surface area (TPSA) is 99.9 Å². The van der Waals surface area contributed by atoms with E-state index in [2.05, 4.69) is 14.2 Å². The summed E-state index contributed by atoms with van der Waals surface area (Å²) in [5, 5.41) is 3.97. The van der Waals surface area contributed by atoms with E-state index < -0.39 is 10.2 Å².